The Labute approximate surface area is 154 Å². The maximum atomic E-state index is 13.5. The number of hydrogen-bond acceptors (Lipinski definition) is 2. The number of nitrogens with zero attached hydrogens (tertiary/aromatic N) is 1. The molecule has 2 aromatic carbocycles. The van der Waals surface area contributed by atoms with Crippen LogP contribution in [0.5, 0.6) is 0 Å². The van der Waals surface area contributed by atoms with Crippen LogP contribution in [-0.2, 0) is 22.4 Å². The molecule has 0 heterocycles. The molecule has 2 amide bonds. The van der Waals surface area contributed by atoms with Crippen LogP contribution in [0.2, 0.25) is 0 Å². The van der Waals surface area contributed by atoms with Gasteiger partial charge in [0.1, 0.15) is 5.82 Å². The summed E-state index contributed by atoms with van der Waals surface area (Å²) in [6, 6.07) is 16.5. The van der Waals surface area contributed by atoms with Gasteiger partial charge in [0.15, 0.2) is 0 Å². The van der Waals surface area contributed by atoms with Crippen molar-refractivity contribution in [3.05, 3.63) is 71.5 Å². The topological polar surface area (TPSA) is 49.4 Å². The highest BCUT2D eigenvalue weighted by molar-refractivity contribution is 5.78. The number of rotatable bonds is 9. The molecule has 4 nitrogen and oxygen atoms in total. The summed E-state index contributed by atoms with van der Waals surface area (Å²) in [6.07, 6.45) is 1.45. The van der Waals surface area contributed by atoms with E-state index in [9.17, 15) is 14.0 Å². The smallest absolute Gasteiger partial charge is 0.221 e. The second-order valence-corrected chi connectivity index (χ2v) is 6.18. The minimum absolute atomic E-state index is 0.0416. The lowest BCUT2D eigenvalue weighted by molar-refractivity contribution is -0.129. The minimum Gasteiger partial charge on any atom is -0.356 e. The first kappa shape index (κ1) is 19.6. The van der Waals surface area contributed by atoms with E-state index in [2.05, 4.69) is 5.32 Å². The monoisotopic (exact) mass is 356 g/mol. The van der Waals surface area contributed by atoms with Crippen LogP contribution in [0.15, 0.2) is 54.6 Å². The van der Waals surface area contributed by atoms with Gasteiger partial charge in [-0.15, -0.1) is 0 Å². The molecule has 1 N–H and O–H groups in total. The molecule has 0 aliphatic rings. The average molecular weight is 356 g/mol. The fraction of sp³-hybridized carbons (Fsp3) is 0.333. The van der Waals surface area contributed by atoms with Crippen molar-refractivity contribution in [3.8, 4) is 0 Å². The summed E-state index contributed by atoms with van der Waals surface area (Å²) in [5, 5.41) is 2.78. The van der Waals surface area contributed by atoms with Crippen LogP contribution in [0.25, 0.3) is 0 Å². The number of hydrogen-bond donors (Lipinski definition) is 1. The summed E-state index contributed by atoms with van der Waals surface area (Å²) in [4.78, 5) is 25.4. The van der Waals surface area contributed by atoms with E-state index in [1.54, 1.807) is 23.1 Å². The predicted molar refractivity (Wildman–Crippen MR) is 100 cm³/mol. The summed E-state index contributed by atoms with van der Waals surface area (Å²) in [5.41, 5.74) is 1.74. The molecule has 0 unspecified atom stereocenters. The second-order valence-electron chi connectivity index (χ2n) is 6.18. The Hall–Kier alpha value is -2.69. The van der Waals surface area contributed by atoms with Crippen molar-refractivity contribution in [2.45, 2.75) is 26.2 Å². The lowest BCUT2D eigenvalue weighted by Crippen LogP contribution is -2.35. The zero-order valence-electron chi connectivity index (χ0n) is 15.1. The number of nitrogens with one attached hydrogen (secondary N) is 1. The molecule has 0 fully saturated rings. The lowest BCUT2D eigenvalue weighted by atomic mass is 10.1. The van der Waals surface area contributed by atoms with E-state index >= 15 is 0 Å². The Kier molecular flexibility index (Phi) is 7.80. The van der Waals surface area contributed by atoms with E-state index in [1.165, 1.54) is 13.0 Å². The summed E-state index contributed by atoms with van der Waals surface area (Å²) in [6.45, 7) is 2.86. The van der Waals surface area contributed by atoms with E-state index in [0.717, 1.165) is 12.0 Å². The fourth-order valence-electron chi connectivity index (χ4n) is 2.70. The molecule has 2 rings (SSSR count). The van der Waals surface area contributed by atoms with Crippen LogP contribution >= 0.6 is 0 Å². The predicted octanol–water partition coefficient (Wildman–Crippen LogP) is 2.97. The Morgan fingerprint density at radius 1 is 0.962 bits per heavy atom. The first-order valence-electron chi connectivity index (χ1n) is 8.86. The van der Waals surface area contributed by atoms with Crippen molar-refractivity contribution in [2.75, 3.05) is 19.6 Å². The number of amides is 2. The van der Waals surface area contributed by atoms with E-state index in [0.29, 0.717) is 31.6 Å². The van der Waals surface area contributed by atoms with Gasteiger partial charge in [-0.3, -0.25) is 9.59 Å². The lowest BCUT2D eigenvalue weighted by Gasteiger charge is -2.21. The molecule has 5 heteroatoms. The first-order chi connectivity index (χ1) is 12.6. The highest BCUT2D eigenvalue weighted by Crippen LogP contribution is 2.06. The molecule has 138 valence electrons. The van der Waals surface area contributed by atoms with Crippen LogP contribution in [0.1, 0.15) is 24.5 Å². The van der Waals surface area contributed by atoms with Crippen molar-refractivity contribution < 1.29 is 14.0 Å². The summed E-state index contributed by atoms with van der Waals surface area (Å²) >= 11 is 0. The quantitative estimate of drug-likeness (QED) is 0.751. The van der Waals surface area contributed by atoms with Gasteiger partial charge in [-0.25, -0.2) is 4.39 Å². The first-order valence-corrected chi connectivity index (χ1v) is 8.86. The molecule has 0 radical (unpaired) electrons. The molecule has 0 bridgehead atoms. The van der Waals surface area contributed by atoms with Crippen molar-refractivity contribution in [3.63, 3.8) is 0 Å². The maximum Gasteiger partial charge on any atom is 0.221 e. The van der Waals surface area contributed by atoms with Crippen LogP contribution in [0, 0.1) is 5.82 Å². The Bertz CT molecular complexity index is 719. The van der Waals surface area contributed by atoms with Gasteiger partial charge >= 0.3 is 0 Å². The van der Waals surface area contributed by atoms with Crippen molar-refractivity contribution >= 4 is 11.8 Å². The summed E-state index contributed by atoms with van der Waals surface area (Å²) in [5.74, 6) is -0.433. The maximum absolute atomic E-state index is 13.5. The molecule has 0 aliphatic carbocycles. The normalized spacial score (nSPS) is 10.4. The summed E-state index contributed by atoms with van der Waals surface area (Å²) in [7, 11) is 0. The van der Waals surface area contributed by atoms with Crippen molar-refractivity contribution in [1.29, 1.82) is 0 Å². The molecule has 0 saturated heterocycles. The Morgan fingerprint density at radius 3 is 2.35 bits per heavy atom. The van der Waals surface area contributed by atoms with Gasteiger partial charge in [0, 0.05) is 33.0 Å². The van der Waals surface area contributed by atoms with Gasteiger partial charge in [0.25, 0.3) is 0 Å². The Morgan fingerprint density at radius 2 is 1.65 bits per heavy atom. The molecule has 0 spiro atoms. The molecule has 0 aliphatic heterocycles. The highest BCUT2D eigenvalue weighted by Gasteiger charge is 2.11. The molecular weight excluding hydrogens is 331 g/mol. The van der Waals surface area contributed by atoms with E-state index in [4.69, 9.17) is 0 Å². The van der Waals surface area contributed by atoms with E-state index < -0.39 is 0 Å². The zero-order valence-corrected chi connectivity index (χ0v) is 15.1. The van der Waals surface area contributed by atoms with Crippen LogP contribution in [0.4, 0.5) is 4.39 Å². The van der Waals surface area contributed by atoms with Crippen molar-refractivity contribution in [2.24, 2.45) is 0 Å². The van der Waals surface area contributed by atoms with Gasteiger partial charge in [0.05, 0.1) is 0 Å². The van der Waals surface area contributed by atoms with E-state index in [1.807, 2.05) is 30.3 Å². The van der Waals surface area contributed by atoms with Gasteiger partial charge in [0.2, 0.25) is 11.8 Å². The average Bonchev–Trinajstić information content (AvgIpc) is 2.64. The number of halogens is 1. The number of carbonyl (C=O) groups is 2. The molecule has 0 atom stereocenters. The Balaban J connectivity index is 1.71. The van der Waals surface area contributed by atoms with Gasteiger partial charge in [-0.1, -0.05) is 48.5 Å². The third-order valence-electron chi connectivity index (χ3n) is 4.24. The van der Waals surface area contributed by atoms with Gasteiger partial charge < -0.3 is 10.2 Å². The molecule has 0 aromatic heterocycles. The molecule has 26 heavy (non-hydrogen) atoms. The SMILES string of the molecule is CC(=O)N(CCC(=O)NCCc1ccccc1F)CCc1ccccc1. The zero-order chi connectivity index (χ0) is 18.8. The highest BCUT2D eigenvalue weighted by atomic mass is 19.1. The number of benzene rings is 2. The number of carbonyl (C=O) groups excluding carboxylic acids is 2. The second kappa shape index (κ2) is 10.3. The standard InChI is InChI=1S/C21H25FN2O2/c1-17(25)24(15-12-18-7-3-2-4-8-18)16-13-21(26)23-14-11-19-9-5-6-10-20(19)22/h2-10H,11-16H2,1H3,(H,23,26). The third kappa shape index (κ3) is 6.67. The third-order valence-corrected chi connectivity index (χ3v) is 4.24. The van der Waals surface area contributed by atoms with E-state index in [-0.39, 0.29) is 24.1 Å². The largest absolute Gasteiger partial charge is 0.356 e. The molecule has 0 saturated carbocycles. The van der Waals surface area contributed by atoms with Gasteiger partial charge in [-0.2, -0.15) is 0 Å². The van der Waals surface area contributed by atoms with Crippen LogP contribution in [0.3, 0.4) is 0 Å². The fourth-order valence-corrected chi connectivity index (χ4v) is 2.70. The summed E-state index contributed by atoms with van der Waals surface area (Å²) < 4.78 is 13.5. The van der Waals surface area contributed by atoms with Gasteiger partial charge in [-0.05, 0) is 30.0 Å². The van der Waals surface area contributed by atoms with Crippen LogP contribution in [-0.4, -0.2) is 36.3 Å². The molecule has 2 aromatic rings. The molecular formula is C21H25FN2O2. The van der Waals surface area contributed by atoms with Crippen molar-refractivity contribution in [1.82, 2.24) is 10.2 Å². The van der Waals surface area contributed by atoms with Crippen LogP contribution < -0.4 is 5.32 Å². The minimum atomic E-state index is -0.259.